The zero-order valence-corrected chi connectivity index (χ0v) is 13.2. The minimum absolute atomic E-state index is 0.0203. The van der Waals surface area contributed by atoms with Crippen LogP contribution in [0.5, 0.6) is 0 Å². The van der Waals surface area contributed by atoms with E-state index in [2.05, 4.69) is 4.90 Å². The van der Waals surface area contributed by atoms with Crippen LogP contribution in [0.15, 0.2) is 0 Å². The lowest BCUT2D eigenvalue weighted by Gasteiger charge is -2.57. The summed E-state index contributed by atoms with van der Waals surface area (Å²) >= 11 is 0. The summed E-state index contributed by atoms with van der Waals surface area (Å²) in [6, 6.07) is 0.313. The zero-order chi connectivity index (χ0) is 14.4. The number of hydrogen-bond acceptors (Lipinski definition) is 2. The van der Waals surface area contributed by atoms with E-state index in [-0.39, 0.29) is 5.41 Å². The smallest absolute Gasteiger partial charge is 0.229 e. The Morgan fingerprint density at radius 2 is 1.62 bits per heavy atom. The lowest BCUT2D eigenvalue weighted by Crippen LogP contribution is -2.57. The summed E-state index contributed by atoms with van der Waals surface area (Å²) in [6.45, 7) is 1.61. The summed E-state index contributed by atoms with van der Waals surface area (Å²) in [6.07, 6.45) is 12.6. The molecule has 5 rings (SSSR count). The zero-order valence-electron chi connectivity index (χ0n) is 13.2. The molecule has 5 fully saturated rings. The molecule has 4 saturated carbocycles. The second-order valence-corrected chi connectivity index (χ2v) is 8.44. The Bertz CT molecular complexity index is 384. The molecule has 2 N–H and O–H groups in total. The van der Waals surface area contributed by atoms with E-state index in [0.29, 0.717) is 18.5 Å². The highest BCUT2D eigenvalue weighted by Crippen LogP contribution is 2.60. The van der Waals surface area contributed by atoms with Crippen LogP contribution in [0.3, 0.4) is 0 Å². The first kappa shape index (κ1) is 14.0. The fourth-order valence-electron chi connectivity index (χ4n) is 6.37. The van der Waals surface area contributed by atoms with E-state index < -0.39 is 0 Å². The van der Waals surface area contributed by atoms with Crippen LogP contribution < -0.4 is 5.73 Å². The summed E-state index contributed by atoms with van der Waals surface area (Å²) in [5, 5.41) is 0. The summed E-state index contributed by atoms with van der Waals surface area (Å²) in [5.41, 5.74) is 6.02. The van der Waals surface area contributed by atoms with Gasteiger partial charge in [0.1, 0.15) is 0 Å². The number of nitrogens with zero attached hydrogens (tertiary/aromatic N) is 1. The average molecular weight is 290 g/mol. The van der Waals surface area contributed by atoms with Gasteiger partial charge in [0, 0.05) is 19.1 Å². The standard InChI is InChI=1S/C18H30N2O/c19-12-16-4-2-1-3-5-20(16)17(21)18-9-13-6-14(10-18)8-15(7-13)11-18/h13-16H,1-12,19H2. The summed E-state index contributed by atoms with van der Waals surface area (Å²) < 4.78 is 0. The van der Waals surface area contributed by atoms with Gasteiger partial charge in [-0.15, -0.1) is 0 Å². The predicted octanol–water partition coefficient (Wildman–Crippen LogP) is 2.93. The van der Waals surface area contributed by atoms with E-state index in [1.54, 1.807) is 0 Å². The minimum Gasteiger partial charge on any atom is -0.338 e. The summed E-state index contributed by atoms with van der Waals surface area (Å²) in [4.78, 5) is 15.7. The van der Waals surface area contributed by atoms with Gasteiger partial charge in [0.25, 0.3) is 0 Å². The number of hydrogen-bond donors (Lipinski definition) is 1. The molecule has 4 aliphatic carbocycles. The molecule has 0 aromatic heterocycles. The molecule has 3 heteroatoms. The SMILES string of the molecule is NCC1CCCCCN1C(=O)C12CC3CC(CC(C3)C1)C2. The van der Waals surface area contributed by atoms with E-state index in [9.17, 15) is 4.79 Å². The van der Waals surface area contributed by atoms with Crippen LogP contribution in [-0.2, 0) is 4.79 Å². The van der Waals surface area contributed by atoms with E-state index >= 15 is 0 Å². The number of nitrogens with two attached hydrogens (primary N) is 1. The molecule has 4 bridgehead atoms. The number of amides is 1. The molecule has 0 spiro atoms. The maximum absolute atomic E-state index is 13.4. The quantitative estimate of drug-likeness (QED) is 0.850. The molecule has 0 radical (unpaired) electrons. The third-order valence-electron chi connectivity index (χ3n) is 6.90. The first-order valence-electron chi connectivity index (χ1n) is 9.21. The van der Waals surface area contributed by atoms with Crippen LogP contribution in [0.4, 0.5) is 0 Å². The molecule has 3 nitrogen and oxygen atoms in total. The summed E-state index contributed by atoms with van der Waals surface area (Å²) in [5.74, 6) is 3.05. The highest BCUT2D eigenvalue weighted by Gasteiger charge is 2.56. The number of carbonyl (C=O) groups excluding carboxylic acids is 1. The van der Waals surface area contributed by atoms with Crippen LogP contribution in [0, 0.1) is 23.2 Å². The molecular weight excluding hydrogens is 260 g/mol. The van der Waals surface area contributed by atoms with E-state index in [0.717, 1.165) is 30.7 Å². The molecule has 1 heterocycles. The van der Waals surface area contributed by atoms with Gasteiger partial charge in [-0.3, -0.25) is 4.79 Å². The topological polar surface area (TPSA) is 46.3 Å². The largest absolute Gasteiger partial charge is 0.338 e. The van der Waals surface area contributed by atoms with E-state index in [1.165, 1.54) is 57.8 Å². The van der Waals surface area contributed by atoms with Gasteiger partial charge >= 0.3 is 0 Å². The van der Waals surface area contributed by atoms with Crippen molar-refractivity contribution < 1.29 is 4.79 Å². The Balaban J connectivity index is 1.58. The van der Waals surface area contributed by atoms with Crippen molar-refractivity contribution in [2.24, 2.45) is 28.9 Å². The van der Waals surface area contributed by atoms with Crippen molar-refractivity contribution in [2.45, 2.75) is 70.3 Å². The lowest BCUT2D eigenvalue weighted by molar-refractivity contribution is -0.159. The van der Waals surface area contributed by atoms with Crippen molar-refractivity contribution in [3.63, 3.8) is 0 Å². The first-order valence-corrected chi connectivity index (χ1v) is 9.21. The maximum atomic E-state index is 13.4. The van der Waals surface area contributed by atoms with Crippen molar-refractivity contribution in [1.82, 2.24) is 4.90 Å². The molecule has 1 atom stereocenters. The number of carbonyl (C=O) groups is 1. The van der Waals surface area contributed by atoms with Gasteiger partial charge in [0.2, 0.25) is 5.91 Å². The fourth-order valence-corrected chi connectivity index (χ4v) is 6.37. The van der Waals surface area contributed by atoms with E-state index in [1.807, 2.05) is 0 Å². The van der Waals surface area contributed by atoms with Crippen molar-refractivity contribution in [3.05, 3.63) is 0 Å². The van der Waals surface area contributed by atoms with E-state index in [4.69, 9.17) is 5.73 Å². The number of likely N-dealkylation sites (tertiary alicyclic amines) is 1. The highest BCUT2D eigenvalue weighted by molar-refractivity contribution is 5.83. The molecule has 21 heavy (non-hydrogen) atoms. The molecular formula is C18H30N2O. The fraction of sp³-hybridized carbons (Fsp3) is 0.944. The Kier molecular flexibility index (Phi) is 3.52. The van der Waals surface area contributed by atoms with Gasteiger partial charge in [-0.05, 0) is 69.1 Å². The van der Waals surface area contributed by atoms with Crippen LogP contribution in [-0.4, -0.2) is 29.9 Å². The highest BCUT2D eigenvalue weighted by atomic mass is 16.2. The molecule has 1 unspecified atom stereocenters. The first-order chi connectivity index (χ1) is 10.2. The molecule has 1 aliphatic heterocycles. The Labute approximate surface area is 128 Å². The Morgan fingerprint density at radius 3 is 2.19 bits per heavy atom. The molecule has 1 saturated heterocycles. The molecule has 5 aliphatic rings. The van der Waals surface area contributed by atoms with Crippen molar-refractivity contribution >= 4 is 5.91 Å². The second kappa shape index (κ2) is 5.26. The van der Waals surface area contributed by atoms with Gasteiger partial charge in [0.15, 0.2) is 0 Å². The molecule has 1 amide bonds. The van der Waals surface area contributed by atoms with Gasteiger partial charge in [-0.2, -0.15) is 0 Å². The maximum Gasteiger partial charge on any atom is 0.229 e. The van der Waals surface area contributed by atoms with Gasteiger partial charge < -0.3 is 10.6 Å². The molecule has 0 aromatic rings. The third-order valence-corrected chi connectivity index (χ3v) is 6.90. The van der Waals surface area contributed by atoms with Crippen molar-refractivity contribution in [1.29, 1.82) is 0 Å². The molecule has 118 valence electrons. The predicted molar refractivity (Wildman–Crippen MR) is 83.6 cm³/mol. The van der Waals surface area contributed by atoms with Crippen LogP contribution in [0.25, 0.3) is 0 Å². The van der Waals surface area contributed by atoms with Crippen LogP contribution in [0.1, 0.15) is 64.2 Å². The van der Waals surface area contributed by atoms with Crippen molar-refractivity contribution in [2.75, 3.05) is 13.1 Å². The van der Waals surface area contributed by atoms with Gasteiger partial charge in [-0.25, -0.2) is 0 Å². The molecule has 0 aromatic carbocycles. The van der Waals surface area contributed by atoms with Crippen LogP contribution in [0.2, 0.25) is 0 Å². The van der Waals surface area contributed by atoms with Crippen LogP contribution >= 0.6 is 0 Å². The monoisotopic (exact) mass is 290 g/mol. The normalized spacial score (nSPS) is 45.7. The number of rotatable bonds is 2. The van der Waals surface area contributed by atoms with Crippen molar-refractivity contribution in [3.8, 4) is 0 Å². The minimum atomic E-state index is 0.0203. The second-order valence-electron chi connectivity index (χ2n) is 8.44. The Hall–Kier alpha value is -0.570. The average Bonchev–Trinajstić information content (AvgIpc) is 2.70. The summed E-state index contributed by atoms with van der Waals surface area (Å²) in [7, 11) is 0. The third kappa shape index (κ3) is 2.32. The van der Waals surface area contributed by atoms with Gasteiger partial charge in [0.05, 0.1) is 5.41 Å². The van der Waals surface area contributed by atoms with Gasteiger partial charge in [-0.1, -0.05) is 12.8 Å². The lowest BCUT2D eigenvalue weighted by atomic mass is 9.49. The Morgan fingerprint density at radius 1 is 1.00 bits per heavy atom.